The van der Waals surface area contributed by atoms with Gasteiger partial charge >= 0.3 is 0 Å². The first kappa shape index (κ1) is 18.9. The molecule has 1 aromatic heterocycles. The molecule has 2 unspecified atom stereocenters. The zero-order valence-corrected chi connectivity index (χ0v) is 17.7. The standard InChI is InChI=1S/C22H17BrClNO4/c23-13-4-1-3-12(9-13)19-18-20(26)16-10-14(24)6-7-17(16)29-21(18)22(27)25(19)11-15-5-2-8-28-15/h1,3-4,6-7,9-10,15,19H,2,5,8,11H2. The third-order valence-corrected chi connectivity index (χ3v) is 6.24. The quantitative estimate of drug-likeness (QED) is 0.540. The van der Waals surface area contributed by atoms with Crippen molar-refractivity contribution in [3.05, 3.63) is 79.1 Å². The van der Waals surface area contributed by atoms with Crippen molar-refractivity contribution in [1.82, 2.24) is 4.90 Å². The molecule has 7 heteroatoms. The van der Waals surface area contributed by atoms with Gasteiger partial charge in [0, 0.05) is 22.6 Å². The monoisotopic (exact) mass is 473 g/mol. The summed E-state index contributed by atoms with van der Waals surface area (Å²) >= 11 is 9.60. The molecule has 0 radical (unpaired) electrons. The van der Waals surface area contributed by atoms with Gasteiger partial charge in [0.05, 0.1) is 23.1 Å². The predicted octanol–water partition coefficient (Wildman–Crippen LogP) is 4.93. The van der Waals surface area contributed by atoms with Gasteiger partial charge in [0.2, 0.25) is 5.76 Å². The van der Waals surface area contributed by atoms with E-state index >= 15 is 0 Å². The van der Waals surface area contributed by atoms with Crippen molar-refractivity contribution in [2.75, 3.05) is 13.2 Å². The molecule has 2 aliphatic heterocycles. The van der Waals surface area contributed by atoms with Crippen LogP contribution in [0.1, 0.15) is 40.6 Å². The fourth-order valence-corrected chi connectivity index (χ4v) is 4.80. The molecule has 2 aliphatic rings. The van der Waals surface area contributed by atoms with E-state index in [0.717, 1.165) is 22.9 Å². The van der Waals surface area contributed by atoms with E-state index in [9.17, 15) is 9.59 Å². The summed E-state index contributed by atoms with van der Waals surface area (Å²) in [6, 6.07) is 12.0. The minimum Gasteiger partial charge on any atom is -0.450 e. The van der Waals surface area contributed by atoms with Crippen LogP contribution in [0.4, 0.5) is 0 Å². The molecule has 0 spiro atoms. The number of carbonyl (C=O) groups excluding carboxylic acids is 1. The fourth-order valence-electron chi connectivity index (χ4n) is 4.21. The van der Waals surface area contributed by atoms with Crippen LogP contribution in [0.2, 0.25) is 5.02 Å². The maximum atomic E-state index is 13.4. The Bertz CT molecular complexity index is 1190. The molecule has 0 N–H and O–H groups in total. The van der Waals surface area contributed by atoms with Crippen LogP contribution in [0, 0.1) is 0 Å². The first-order chi connectivity index (χ1) is 14.0. The van der Waals surface area contributed by atoms with E-state index in [4.69, 9.17) is 20.8 Å². The molecule has 1 saturated heterocycles. The van der Waals surface area contributed by atoms with Gasteiger partial charge in [-0.25, -0.2) is 0 Å². The number of nitrogens with zero attached hydrogens (tertiary/aromatic N) is 1. The van der Waals surface area contributed by atoms with Gasteiger partial charge in [0.25, 0.3) is 5.91 Å². The number of ether oxygens (including phenoxy) is 1. The van der Waals surface area contributed by atoms with Crippen LogP contribution in [-0.2, 0) is 4.74 Å². The molecule has 3 aromatic rings. The fraction of sp³-hybridized carbons (Fsp3) is 0.273. The Morgan fingerprint density at radius 2 is 2.03 bits per heavy atom. The molecule has 2 atom stereocenters. The lowest BCUT2D eigenvalue weighted by atomic mass is 9.98. The minimum atomic E-state index is -0.529. The van der Waals surface area contributed by atoms with E-state index < -0.39 is 6.04 Å². The van der Waals surface area contributed by atoms with Crippen LogP contribution in [0.15, 0.2) is 56.1 Å². The van der Waals surface area contributed by atoms with Crippen LogP contribution in [-0.4, -0.2) is 30.1 Å². The van der Waals surface area contributed by atoms with Gasteiger partial charge in [0.1, 0.15) is 5.58 Å². The van der Waals surface area contributed by atoms with Gasteiger partial charge in [-0.1, -0.05) is 39.7 Å². The maximum Gasteiger partial charge on any atom is 0.291 e. The highest BCUT2D eigenvalue weighted by Gasteiger charge is 2.43. The summed E-state index contributed by atoms with van der Waals surface area (Å²) in [4.78, 5) is 28.4. The van der Waals surface area contributed by atoms with Crippen molar-refractivity contribution in [1.29, 1.82) is 0 Å². The summed E-state index contributed by atoms with van der Waals surface area (Å²) in [6.07, 6.45) is 1.83. The van der Waals surface area contributed by atoms with Crippen molar-refractivity contribution in [2.45, 2.75) is 25.0 Å². The van der Waals surface area contributed by atoms with E-state index in [-0.39, 0.29) is 23.2 Å². The number of carbonyl (C=O) groups is 1. The minimum absolute atomic E-state index is 0.0399. The number of benzene rings is 2. The van der Waals surface area contributed by atoms with Crippen molar-refractivity contribution < 1.29 is 13.9 Å². The second kappa shape index (κ2) is 7.27. The average Bonchev–Trinajstić information content (AvgIpc) is 3.31. The second-order valence-corrected chi connectivity index (χ2v) is 8.72. The highest BCUT2D eigenvalue weighted by molar-refractivity contribution is 9.10. The number of hydrogen-bond acceptors (Lipinski definition) is 4. The van der Waals surface area contributed by atoms with E-state index in [1.807, 2.05) is 24.3 Å². The summed E-state index contributed by atoms with van der Waals surface area (Å²) in [5.41, 5.74) is 1.34. The maximum absolute atomic E-state index is 13.4. The van der Waals surface area contributed by atoms with Gasteiger partial charge in [0.15, 0.2) is 5.43 Å². The lowest BCUT2D eigenvalue weighted by Crippen LogP contribution is -2.36. The zero-order valence-electron chi connectivity index (χ0n) is 15.4. The summed E-state index contributed by atoms with van der Waals surface area (Å²) in [5.74, 6) is -0.178. The third kappa shape index (κ3) is 3.19. The van der Waals surface area contributed by atoms with Crippen LogP contribution in [0.5, 0.6) is 0 Å². The number of rotatable bonds is 3. The highest BCUT2D eigenvalue weighted by Crippen LogP contribution is 2.39. The number of halogens is 2. The third-order valence-electron chi connectivity index (χ3n) is 5.52. The summed E-state index contributed by atoms with van der Waals surface area (Å²) < 4.78 is 12.6. The van der Waals surface area contributed by atoms with Crippen molar-refractivity contribution in [2.24, 2.45) is 0 Å². The Morgan fingerprint density at radius 3 is 2.79 bits per heavy atom. The Hall–Kier alpha value is -2.15. The molecule has 148 valence electrons. The summed E-state index contributed by atoms with van der Waals surface area (Å²) in [7, 11) is 0. The smallest absolute Gasteiger partial charge is 0.291 e. The van der Waals surface area contributed by atoms with Gasteiger partial charge in [-0.3, -0.25) is 9.59 Å². The topological polar surface area (TPSA) is 59.8 Å². The Labute approximate surface area is 180 Å². The number of fused-ring (bicyclic) bond motifs is 2. The molecule has 0 saturated carbocycles. The number of amides is 1. The first-order valence-electron chi connectivity index (χ1n) is 9.47. The summed E-state index contributed by atoms with van der Waals surface area (Å²) in [5, 5.41) is 0.826. The molecule has 0 bridgehead atoms. The molecular formula is C22H17BrClNO4. The van der Waals surface area contributed by atoms with Gasteiger partial charge < -0.3 is 14.1 Å². The Morgan fingerprint density at radius 1 is 1.17 bits per heavy atom. The van der Waals surface area contributed by atoms with E-state index in [1.165, 1.54) is 0 Å². The van der Waals surface area contributed by atoms with Crippen LogP contribution >= 0.6 is 27.5 Å². The SMILES string of the molecule is O=C1c2oc3ccc(Cl)cc3c(=O)c2C(c2cccc(Br)c2)N1CC1CCCO1. The molecule has 2 aromatic carbocycles. The van der Waals surface area contributed by atoms with Gasteiger partial charge in [-0.05, 0) is 48.7 Å². The van der Waals surface area contributed by atoms with E-state index in [1.54, 1.807) is 23.1 Å². The molecule has 5 nitrogen and oxygen atoms in total. The summed E-state index contributed by atoms with van der Waals surface area (Å²) in [6.45, 7) is 1.11. The largest absolute Gasteiger partial charge is 0.450 e. The van der Waals surface area contributed by atoms with Crippen LogP contribution in [0.25, 0.3) is 11.0 Å². The molecule has 5 rings (SSSR count). The zero-order chi connectivity index (χ0) is 20.1. The normalized spacial score (nSPS) is 21.2. The van der Waals surface area contributed by atoms with Crippen molar-refractivity contribution in [3.63, 3.8) is 0 Å². The Kier molecular flexibility index (Phi) is 4.73. The van der Waals surface area contributed by atoms with Gasteiger partial charge in [-0.15, -0.1) is 0 Å². The Balaban J connectivity index is 1.72. The molecule has 0 aliphatic carbocycles. The van der Waals surface area contributed by atoms with E-state index in [2.05, 4.69) is 15.9 Å². The second-order valence-electron chi connectivity index (χ2n) is 7.36. The van der Waals surface area contributed by atoms with Crippen LogP contribution < -0.4 is 5.43 Å². The molecule has 29 heavy (non-hydrogen) atoms. The first-order valence-corrected chi connectivity index (χ1v) is 10.6. The predicted molar refractivity (Wildman–Crippen MR) is 113 cm³/mol. The number of hydrogen-bond donors (Lipinski definition) is 0. The molecule has 3 heterocycles. The van der Waals surface area contributed by atoms with Crippen molar-refractivity contribution in [3.8, 4) is 0 Å². The van der Waals surface area contributed by atoms with E-state index in [0.29, 0.717) is 34.7 Å². The molecular weight excluding hydrogens is 458 g/mol. The van der Waals surface area contributed by atoms with Gasteiger partial charge in [-0.2, -0.15) is 0 Å². The molecule has 1 amide bonds. The lowest BCUT2D eigenvalue weighted by Gasteiger charge is -2.27. The highest BCUT2D eigenvalue weighted by atomic mass is 79.9. The van der Waals surface area contributed by atoms with Crippen molar-refractivity contribution >= 4 is 44.4 Å². The van der Waals surface area contributed by atoms with Crippen LogP contribution in [0.3, 0.4) is 0 Å². The lowest BCUT2D eigenvalue weighted by molar-refractivity contribution is 0.0486. The molecule has 1 fully saturated rings. The average molecular weight is 475 g/mol.